The predicted molar refractivity (Wildman–Crippen MR) is 106 cm³/mol. The van der Waals surface area contributed by atoms with Gasteiger partial charge in [0.05, 0.1) is 0 Å². The maximum Gasteiger partial charge on any atom is 0.276 e. The summed E-state index contributed by atoms with van der Waals surface area (Å²) >= 11 is 0. The summed E-state index contributed by atoms with van der Waals surface area (Å²) in [6.07, 6.45) is 11.7. The summed E-state index contributed by atoms with van der Waals surface area (Å²) in [7, 11) is -7.74. The van der Waals surface area contributed by atoms with Crippen molar-refractivity contribution in [2.45, 2.75) is 77.6 Å². The van der Waals surface area contributed by atoms with Crippen LogP contribution >= 0.6 is 8.03 Å². The number of rotatable bonds is 12. The molecule has 0 aromatic heterocycles. The molecule has 0 bridgehead atoms. The molecule has 0 amide bonds. The SMILES string of the molecule is CC(C)=CCCC(C)=CCCC(C)=CCCCC([PH](=O)O)S(=O)(=O)O. The highest BCUT2D eigenvalue weighted by molar-refractivity contribution is 7.92. The van der Waals surface area contributed by atoms with Crippen LogP contribution in [0.1, 0.15) is 72.6 Å². The van der Waals surface area contributed by atoms with Crippen LogP contribution < -0.4 is 0 Å². The van der Waals surface area contributed by atoms with E-state index >= 15 is 0 Å². The second-order valence-corrected chi connectivity index (χ2v) is 10.1. The predicted octanol–water partition coefficient (Wildman–Crippen LogP) is 5.26. The van der Waals surface area contributed by atoms with Crippen molar-refractivity contribution in [1.82, 2.24) is 0 Å². The van der Waals surface area contributed by atoms with E-state index in [1.54, 1.807) is 0 Å². The molecule has 25 heavy (non-hydrogen) atoms. The summed E-state index contributed by atoms with van der Waals surface area (Å²) in [6, 6.07) is 0. The van der Waals surface area contributed by atoms with E-state index in [4.69, 9.17) is 9.45 Å². The van der Waals surface area contributed by atoms with Crippen LogP contribution in [0.15, 0.2) is 34.9 Å². The Hall–Kier alpha value is -0.680. The van der Waals surface area contributed by atoms with Gasteiger partial charge >= 0.3 is 0 Å². The Bertz CT molecular complexity index is 613. The molecule has 0 aromatic carbocycles. The van der Waals surface area contributed by atoms with Crippen LogP contribution in [0.5, 0.6) is 0 Å². The number of hydrogen-bond acceptors (Lipinski definition) is 3. The van der Waals surface area contributed by atoms with Gasteiger partial charge in [0.25, 0.3) is 10.1 Å². The fourth-order valence-corrected chi connectivity index (χ4v) is 4.33. The maximum absolute atomic E-state index is 11.0. The van der Waals surface area contributed by atoms with Crippen molar-refractivity contribution in [3.63, 3.8) is 0 Å². The Morgan fingerprint density at radius 1 is 0.960 bits per heavy atom. The molecular weight excluding hydrogens is 359 g/mol. The van der Waals surface area contributed by atoms with Gasteiger partial charge in [0.2, 0.25) is 8.03 Å². The van der Waals surface area contributed by atoms with Gasteiger partial charge in [0, 0.05) is 0 Å². The molecule has 0 saturated carbocycles. The number of hydrogen-bond donors (Lipinski definition) is 2. The largest absolute Gasteiger partial charge is 0.345 e. The lowest BCUT2D eigenvalue weighted by molar-refractivity contribution is 0.458. The van der Waals surface area contributed by atoms with Crippen molar-refractivity contribution in [3.8, 4) is 0 Å². The van der Waals surface area contributed by atoms with Crippen molar-refractivity contribution in [3.05, 3.63) is 34.9 Å². The molecule has 7 heteroatoms. The van der Waals surface area contributed by atoms with Crippen LogP contribution in [0.25, 0.3) is 0 Å². The van der Waals surface area contributed by atoms with Crippen LogP contribution in [0.3, 0.4) is 0 Å². The van der Waals surface area contributed by atoms with E-state index in [-0.39, 0.29) is 6.42 Å². The Morgan fingerprint density at radius 2 is 1.44 bits per heavy atom. The smallest absolute Gasteiger partial charge is 0.276 e. The van der Waals surface area contributed by atoms with Gasteiger partial charge in [0.15, 0.2) is 4.99 Å². The van der Waals surface area contributed by atoms with Crippen LogP contribution in [-0.4, -0.2) is 22.9 Å². The minimum absolute atomic E-state index is 0.000281. The summed E-state index contributed by atoms with van der Waals surface area (Å²) in [4.78, 5) is 7.45. The Morgan fingerprint density at radius 3 is 1.88 bits per heavy atom. The molecule has 0 rings (SSSR count). The zero-order valence-corrected chi connectivity index (χ0v) is 17.6. The van der Waals surface area contributed by atoms with Gasteiger partial charge in [-0.3, -0.25) is 9.12 Å². The van der Waals surface area contributed by atoms with Gasteiger partial charge < -0.3 is 4.89 Å². The first-order valence-corrected chi connectivity index (χ1v) is 11.6. The molecular formula is C18H33O5PS. The fourth-order valence-electron chi connectivity index (χ4n) is 2.39. The molecule has 5 nitrogen and oxygen atoms in total. The molecule has 146 valence electrons. The molecule has 0 radical (unpaired) electrons. The van der Waals surface area contributed by atoms with Crippen LogP contribution in [0, 0.1) is 0 Å². The van der Waals surface area contributed by atoms with E-state index in [1.807, 2.05) is 13.0 Å². The lowest BCUT2D eigenvalue weighted by Gasteiger charge is -2.09. The number of unbranched alkanes of at least 4 members (excludes halogenated alkanes) is 1. The Balaban J connectivity index is 4.18. The van der Waals surface area contributed by atoms with Crippen molar-refractivity contribution < 1.29 is 22.4 Å². The standard InChI is InChI=1S/C18H33O5PS/c1-15(2)9-7-11-17(4)13-8-12-16(3)10-5-6-14-18(24(19)20)25(21,22)23/h9-10,13,18,24H,5-8,11-12,14H2,1-4H3,(H,19,20)(H,21,22,23). The molecule has 2 atom stereocenters. The van der Waals surface area contributed by atoms with Crippen molar-refractivity contribution in [1.29, 1.82) is 0 Å². The van der Waals surface area contributed by atoms with Gasteiger partial charge in [-0.25, -0.2) is 0 Å². The molecule has 0 heterocycles. The topological polar surface area (TPSA) is 91.7 Å². The van der Waals surface area contributed by atoms with Gasteiger partial charge in [-0.05, 0) is 72.6 Å². The zero-order valence-electron chi connectivity index (χ0n) is 15.8. The van der Waals surface area contributed by atoms with Crippen LogP contribution in [0.4, 0.5) is 0 Å². The first kappa shape index (κ1) is 24.3. The van der Waals surface area contributed by atoms with Crippen molar-refractivity contribution in [2.24, 2.45) is 0 Å². The minimum atomic E-state index is -4.45. The molecule has 0 spiro atoms. The highest BCUT2D eigenvalue weighted by Gasteiger charge is 2.27. The van der Waals surface area contributed by atoms with Gasteiger partial charge in [0.1, 0.15) is 0 Å². The quantitative estimate of drug-likeness (QED) is 0.205. The van der Waals surface area contributed by atoms with E-state index in [0.29, 0.717) is 12.8 Å². The third kappa shape index (κ3) is 13.2. The third-order valence-electron chi connectivity index (χ3n) is 3.92. The zero-order chi connectivity index (χ0) is 19.5. The normalized spacial score (nSPS) is 15.8. The number of allylic oxidation sites excluding steroid dienone is 6. The van der Waals surface area contributed by atoms with Gasteiger partial charge in [-0.1, -0.05) is 34.9 Å². The molecule has 0 aliphatic heterocycles. The maximum atomic E-state index is 11.0. The van der Waals surface area contributed by atoms with Crippen molar-refractivity contribution in [2.75, 3.05) is 0 Å². The highest BCUT2D eigenvalue weighted by Crippen LogP contribution is 2.31. The highest BCUT2D eigenvalue weighted by atomic mass is 32.2. The van der Waals surface area contributed by atoms with Crippen LogP contribution in [-0.2, 0) is 14.7 Å². The molecule has 2 N–H and O–H groups in total. The molecule has 0 fully saturated rings. The monoisotopic (exact) mass is 392 g/mol. The summed E-state index contributed by atoms with van der Waals surface area (Å²) in [6.45, 7) is 8.38. The molecule has 0 aromatic rings. The van der Waals surface area contributed by atoms with Crippen LogP contribution in [0.2, 0.25) is 0 Å². The average molecular weight is 392 g/mol. The summed E-state index contributed by atoms with van der Waals surface area (Å²) in [5, 5.41) is 0. The molecule has 0 saturated heterocycles. The fraction of sp³-hybridized carbons (Fsp3) is 0.667. The summed E-state index contributed by atoms with van der Waals surface area (Å²) in [5.41, 5.74) is 3.94. The summed E-state index contributed by atoms with van der Waals surface area (Å²) in [5.74, 6) is 0. The first-order chi connectivity index (χ1) is 11.5. The summed E-state index contributed by atoms with van der Waals surface area (Å²) < 4.78 is 42.0. The Labute approximate surface area is 153 Å². The minimum Gasteiger partial charge on any atom is -0.345 e. The lowest BCUT2D eigenvalue weighted by atomic mass is 10.1. The van der Waals surface area contributed by atoms with E-state index < -0.39 is 23.1 Å². The second kappa shape index (κ2) is 12.6. The molecule has 0 aliphatic carbocycles. The lowest BCUT2D eigenvalue weighted by Crippen LogP contribution is -2.16. The third-order valence-corrected chi connectivity index (χ3v) is 7.21. The Kier molecular flexibility index (Phi) is 12.3. The van der Waals surface area contributed by atoms with E-state index in [1.165, 1.54) is 16.7 Å². The molecule has 0 aliphatic rings. The van der Waals surface area contributed by atoms with E-state index in [9.17, 15) is 13.0 Å². The van der Waals surface area contributed by atoms with E-state index in [2.05, 4.69) is 32.9 Å². The van der Waals surface area contributed by atoms with E-state index in [0.717, 1.165) is 25.7 Å². The molecule has 2 unspecified atom stereocenters. The first-order valence-electron chi connectivity index (χ1n) is 8.67. The second-order valence-electron chi connectivity index (χ2n) is 6.73. The van der Waals surface area contributed by atoms with Crippen molar-refractivity contribution >= 4 is 18.1 Å². The average Bonchev–Trinajstić information content (AvgIpc) is 2.44. The van der Waals surface area contributed by atoms with Gasteiger partial charge in [-0.15, -0.1) is 0 Å². The van der Waals surface area contributed by atoms with Gasteiger partial charge in [-0.2, -0.15) is 8.42 Å².